The Bertz CT molecular complexity index is 1370. The van der Waals surface area contributed by atoms with Gasteiger partial charge in [-0.15, -0.1) is 0 Å². The molecule has 0 bridgehead atoms. The van der Waals surface area contributed by atoms with E-state index in [2.05, 4.69) is 50.5 Å². The maximum absolute atomic E-state index is 13.1. The number of rotatable bonds is 11. The van der Waals surface area contributed by atoms with Gasteiger partial charge in [-0.1, -0.05) is 35.9 Å². The molecule has 0 heterocycles. The Balaban J connectivity index is 1.86. The van der Waals surface area contributed by atoms with Crippen molar-refractivity contribution >= 4 is 57.3 Å². The lowest BCUT2D eigenvalue weighted by atomic mass is 10.1. The van der Waals surface area contributed by atoms with Crippen molar-refractivity contribution in [2.45, 2.75) is 20.8 Å². The summed E-state index contributed by atoms with van der Waals surface area (Å²) in [5.41, 5.74) is 4.99. The van der Waals surface area contributed by atoms with E-state index in [1.54, 1.807) is 49.4 Å². The van der Waals surface area contributed by atoms with Crippen molar-refractivity contribution in [1.82, 2.24) is 10.7 Å². The molecule has 0 aliphatic heterocycles. The molecule has 0 aliphatic carbocycles. The first-order valence-corrected chi connectivity index (χ1v) is 13.6. The molecule has 0 radical (unpaired) electrons. The van der Waals surface area contributed by atoms with Crippen LogP contribution < -0.4 is 20.4 Å². The highest BCUT2D eigenvalue weighted by Crippen LogP contribution is 2.35. The van der Waals surface area contributed by atoms with E-state index in [1.165, 1.54) is 6.21 Å². The van der Waals surface area contributed by atoms with Crippen molar-refractivity contribution in [2.24, 2.45) is 5.10 Å². The molecule has 0 aliphatic rings. The first-order valence-electron chi connectivity index (χ1n) is 12.4. The minimum Gasteiger partial charge on any atom is -0.503 e. The van der Waals surface area contributed by atoms with E-state index in [0.717, 1.165) is 18.8 Å². The fourth-order valence-electron chi connectivity index (χ4n) is 3.69. The summed E-state index contributed by atoms with van der Waals surface area (Å²) in [5.74, 6) is -0.921. The van der Waals surface area contributed by atoms with E-state index in [4.69, 9.17) is 16.3 Å². The van der Waals surface area contributed by atoms with Crippen molar-refractivity contribution in [3.8, 4) is 11.5 Å². The average molecular weight is 614 g/mol. The number of ether oxygens (including phenoxy) is 1. The zero-order valence-electron chi connectivity index (χ0n) is 21.9. The number of nitrogens with one attached hydrogen (secondary N) is 2. The van der Waals surface area contributed by atoms with E-state index in [0.29, 0.717) is 22.2 Å². The summed E-state index contributed by atoms with van der Waals surface area (Å²) in [7, 11) is 0. The zero-order chi connectivity index (χ0) is 28.4. The number of benzene rings is 3. The lowest BCUT2D eigenvalue weighted by Gasteiger charge is -2.21. The fourth-order valence-corrected chi connectivity index (χ4v) is 4.37. The van der Waals surface area contributed by atoms with E-state index < -0.39 is 11.8 Å². The van der Waals surface area contributed by atoms with Crippen LogP contribution in [0.1, 0.15) is 42.3 Å². The molecule has 3 N–H and O–H groups in total. The molecular weight excluding hydrogens is 584 g/mol. The summed E-state index contributed by atoms with van der Waals surface area (Å²) in [6, 6.07) is 17.4. The maximum Gasteiger partial charge on any atom is 0.287 e. The molecule has 2 amide bonds. The largest absolute Gasteiger partial charge is 0.503 e. The Kier molecular flexibility index (Phi) is 11.0. The van der Waals surface area contributed by atoms with Crippen LogP contribution >= 0.6 is 27.5 Å². The van der Waals surface area contributed by atoms with Crippen LogP contribution in [0.3, 0.4) is 0 Å². The van der Waals surface area contributed by atoms with Crippen LogP contribution in [-0.2, 0) is 4.79 Å². The second kappa shape index (κ2) is 14.4. The number of hydrogen-bond donors (Lipinski definition) is 3. The highest BCUT2D eigenvalue weighted by atomic mass is 79.9. The number of halogens is 2. The number of amides is 2. The van der Waals surface area contributed by atoms with Crippen LogP contribution in [0.15, 0.2) is 75.9 Å². The monoisotopic (exact) mass is 612 g/mol. The van der Waals surface area contributed by atoms with Gasteiger partial charge in [0.25, 0.3) is 11.8 Å². The van der Waals surface area contributed by atoms with Crippen LogP contribution in [0, 0.1) is 0 Å². The van der Waals surface area contributed by atoms with Gasteiger partial charge in [0, 0.05) is 18.8 Å². The van der Waals surface area contributed by atoms with Crippen molar-refractivity contribution in [3.05, 3.63) is 92.5 Å². The lowest BCUT2D eigenvalue weighted by molar-refractivity contribution is -0.117. The third-order valence-corrected chi connectivity index (χ3v) is 6.61. The molecule has 3 aromatic rings. The Labute approximate surface area is 241 Å². The van der Waals surface area contributed by atoms with Crippen LogP contribution in [0.4, 0.5) is 5.69 Å². The van der Waals surface area contributed by atoms with Gasteiger partial charge in [-0.3, -0.25) is 9.59 Å². The van der Waals surface area contributed by atoms with Gasteiger partial charge in [-0.2, -0.15) is 5.10 Å². The van der Waals surface area contributed by atoms with Crippen LogP contribution in [-0.4, -0.2) is 42.8 Å². The van der Waals surface area contributed by atoms with Crippen molar-refractivity contribution < 1.29 is 19.4 Å². The summed E-state index contributed by atoms with van der Waals surface area (Å²) in [5, 5.41) is 17.0. The van der Waals surface area contributed by atoms with E-state index in [-0.39, 0.29) is 27.8 Å². The molecule has 8 nitrogen and oxygen atoms in total. The summed E-state index contributed by atoms with van der Waals surface area (Å²) in [6.07, 6.45) is 2.97. The quantitative estimate of drug-likeness (QED) is 0.140. The van der Waals surface area contributed by atoms with Gasteiger partial charge in [-0.25, -0.2) is 5.43 Å². The highest BCUT2D eigenvalue weighted by molar-refractivity contribution is 9.10. The summed E-state index contributed by atoms with van der Waals surface area (Å²) in [6.45, 7) is 8.07. The molecule has 3 aromatic carbocycles. The number of nitrogens with zero attached hydrogens (tertiary/aromatic N) is 2. The molecule has 204 valence electrons. The minimum absolute atomic E-state index is 0.0189. The van der Waals surface area contributed by atoms with Gasteiger partial charge in [0.1, 0.15) is 5.70 Å². The van der Waals surface area contributed by atoms with Crippen LogP contribution in [0.5, 0.6) is 11.5 Å². The molecule has 39 heavy (non-hydrogen) atoms. The standard InChI is InChI=1S/C29H30BrClN4O4/c1-4-35(5-2)21-13-11-19(12-14-21)16-25(33-28(37)22-9-7-8-10-24(22)31)29(38)34-32-18-20-15-23(30)27(36)26(17-20)39-6-3/h7-18,36H,4-6H2,1-3H3,(H,33,37)(H,34,38)/b25-16?,32-18+. The molecule has 0 saturated carbocycles. The first-order chi connectivity index (χ1) is 18.8. The van der Waals surface area contributed by atoms with E-state index >= 15 is 0 Å². The number of phenols is 1. The average Bonchev–Trinajstić information content (AvgIpc) is 2.92. The summed E-state index contributed by atoms with van der Waals surface area (Å²) < 4.78 is 5.84. The van der Waals surface area contributed by atoms with Gasteiger partial charge in [0.15, 0.2) is 11.5 Å². The predicted octanol–water partition coefficient (Wildman–Crippen LogP) is 5.97. The molecule has 0 saturated heterocycles. The molecule has 0 spiro atoms. The maximum atomic E-state index is 13.1. The second-order valence-corrected chi connectivity index (χ2v) is 9.50. The fraction of sp³-hybridized carbons (Fsp3) is 0.207. The smallest absolute Gasteiger partial charge is 0.287 e. The van der Waals surface area contributed by atoms with Crippen LogP contribution in [0.2, 0.25) is 5.02 Å². The SMILES string of the molecule is CCOc1cc(/C=N/NC(=O)C(=Cc2ccc(N(CC)CC)cc2)NC(=O)c2ccccc2Cl)cc(Br)c1O. The number of hydrazone groups is 1. The molecule has 0 fully saturated rings. The molecule has 0 atom stereocenters. The number of carbonyl (C=O) groups is 2. The van der Waals surface area contributed by atoms with E-state index in [9.17, 15) is 14.7 Å². The number of hydrogen-bond acceptors (Lipinski definition) is 6. The lowest BCUT2D eigenvalue weighted by Crippen LogP contribution is -2.33. The second-order valence-electron chi connectivity index (χ2n) is 8.24. The molecule has 3 rings (SSSR count). The molecule has 0 aromatic heterocycles. The Morgan fingerprint density at radius 3 is 2.38 bits per heavy atom. The molecular formula is C29H30BrClN4O4. The first kappa shape index (κ1) is 29.7. The van der Waals surface area contributed by atoms with Crippen molar-refractivity contribution in [3.63, 3.8) is 0 Å². The molecule has 0 unspecified atom stereocenters. The summed E-state index contributed by atoms with van der Waals surface area (Å²) >= 11 is 9.46. The number of aromatic hydroxyl groups is 1. The van der Waals surface area contributed by atoms with Crippen molar-refractivity contribution in [1.29, 1.82) is 0 Å². The van der Waals surface area contributed by atoms with Gasteiger partial charge >= 0.3 is 0 Å². The van der Waals surface area contributed by atoms with Crippen LogP contribution in [0.25, 0.3) is 6.08 Å². The van der Waals surface area contributed by atoms with Crippen molar-refractivity contribution in [2.75, 3.05) is 24.6 Å². The minimum atomic E-state index is -0.637. The normalized spacial score (nSPS) is 11.4. The Morgan fingerprint density at radius 2 is 1.74 bits per heavy atom. The topological polar surface area (TPSA) is 103 Å². The predicted molar refractivity (Wildman–Crippen MR) is 160 cm³/mol. The number of anilines is 1. The van der Waals surface area contributed by atoms with Gasteiger partial charge in [0.05, 0.1) is 27.9 Å². The molecule has 10 heteroatoms. The zero-order valence-corrected chi connectivity index (χ0v) is 24.2. The Morgan fingerprint density at radius 1 is 1.05 bits per heavy atom. The number of phenolic OH excluding ortho intramolecular Hbond substituents is 1. The van der Waals surface area contributed by atoms with E-state index in [1.807, 2.05) is 24.3 Å². The third kappa shape index (κ3) is 8.08. The Hall–Kier alpha value is -3.82. The van der Waals surface area contributed by atoms with Gasteiger partial charge < -0.3 is 20.1 Å². The summed E-state index contributed by atoms with van der Waals surface area (Å²) in [4.78, 5) is 28.3. The highest BCUT2D eigenvalue weighted by Gasteiger charge is 2.17. The van der Waals surface area contributed by atoms with Gasteiger partial charge in [0.2, 0.25) is 0 Å². The van der Waals surface area contributed by atoms with Gasteiger partial charge in [-0.05, 0) is 90.3 Å². The number of carbonyl (C=O) groups excluding carboxylic acids is 2. The third-order valence-electron chi connectivity index (χ3n) is 5.67.